The van der Waals surface area contributed by atoms with Crippen molar-refractivity contribution in [3.63, 3.8) is 0 Å². The van der Waals surface area contributed by atoms with E-state index in [1.807, 2.05) is 6.20 Å². The van der Waals surface area contributed by atoms with Gasteiger partial charge in [-0.25, -0.2) is 11.0 Å². The third kappa shape index (κ3) is 4.99. The Morgan fingerprint density at radius 2 is 2.10 bits per heavy atom. The Hall–Kier alpha value is -4.30. The highest BCUT2D eigenvalue weighted by atomic mass is 19.1. The number of rotatable bonds is 9. The van der Waals surface area contributed by atoms with Crippen LogP contribution in [0.3, 0.4) is 0 Å². The number of fused-ring (bicyclic) bond motifs is 5. The maximum absolute atomic E-state index is 14.6. The molecule has 6 aliphatic rings. The minimum atomic E-state index is -0.859. The number of hydrogen-bond donors (Lipinski definition) is 0. The van der Waals surface area contributed by atoms with Gasteiger partial charge >= 0.3 is 6.01 Å². The number of aromatic nitrogens is 3. The predicted octanol–water partition coefficient (Wildman–Crippen LogP) is 4.97. The molecule has 0 radical (unpaired) electrons. The second-order valence-electron chi connectivity index (χ2n) is 14.6. The number of benzene rings is 1. The van der Waals surface area contributed by atoms with Crippen molar-refractivity contribution in [2.75, 3.05) is 50.8 Å². The summed E-state index contributed by atoms with van der Waals surface area (Å²) in [6, 6.07) is 6.45. The van der Waals surface area contributed by atoms with Gasteiger partial charge in [-0.1, -0.05) is 24.8 Å². The standard InChI is InChI=1S/C37H40FN7O3/c1-3-31(46)45-13-12-43(20-24(45)17-39-2)35-30-18-40-32(27-7-4-6-26-28-14-22(28)15-29(26)27)34(48-25-8-9-25)33(30)41-36(42-35)47-21-37-10-5-11-44(37)19-23(38)16-37/h3-4,6-7,18,22-25,28H,1,5,8-17,19-21H2/t22?,23-,24+,28?,37+/m1/s1. The summed E-state index contributed by atoms with van der Waals surface area (Å²) < 4.78 is 27.8. The van der Waals surface area contributed by atoms with Crippen LogP contribution in [0.15, 0.2) is 37.1 Å². The Kier molecular flexibility index (Phi) is 7.08. The molecule has 48 heavy (non-hydrogen) atoms. The Labute approximate surface area is 279 Å². The first-order valence-corrected chi connectivity index (χ1v) is 17.5. The summed E-state index contributed by atoms with van der Waals surface area (Å²) in [6.07, 6.45) is 9.06. The second-order valence-corrected chi connectivity index (χ2v) is 14.6. The third-order valence-corrected chi connectivity index (χ3v) is 11.5. The number of carbonyl (C=O) groups excluding carboxylic acids is 1. The number of hydrogen-bond acceptors (Lipinski definition) is 8. The molecule has 3 aliphatic heterocycles. The van der Waals surface area contributed by atoms with Crippen molar-refractivity contribution in [1.82, 2.24) is 24.8 Å². The molecule has 0 N–H and O–H groups in total. The summed E-state index contributed by atoms with van der Waals surface area (Å²) in [5.74, 6) is 2.51. The molecule has 0 spiro atoms. The minimum absolute atomic E-state index is 0.103. The molecule has 2 saturated carbocycles. The molecule has 10 nitrogen and oxygen atoms in total. The molecule has 0 bridgehead atoms. The van der Waals surface area contributed by atoms with Gasteiger partial charge in [-0.3, -0.25) is 14.7 Å². The SMILES string of the molecule is [C-]#[N+]C[C@H]1CN(c2nc(OC[C@@]34CCCN3C[C@H](F)C4)nc3c(OC4CC4)c(-c4cccc5c4CC4CC54)ncc23)CCN1C(=O)C=C. The molecule has 1 aromatic carbocycles. The van der Waals surface area contributed by atoms with Crippen LogP contribution in [-0.4, -0.2) is 100 Å². The molecular formula is C37H40FN7O3. The van der Waals surface area contributed by atoms with Crippen molar-refractivity contribution in [2.24, 2.45) is 5.92 Å². The van der Waals surface area contributed by atoms with Crippen molar-refractivity contribution in [1.29, 1.82) is 0 Å². The van der Waals surface area contributed by atoms with Crippen LogP contribution in [0.2, 0.25) is 0 Å². The van der Waals surface area contributed by atoms with E-state index in [0.29, 0.717) is 62.2 Å². The van der Waals surface area contributed by atoms with Crippen molar-refractivity contribution >= 4 is 22.6 Å². The molecule has 3 aromatic rings. The fourth-order valence-electron chi connectivity index (χ4n) is 8.87. The summed E-state index contributed by atoms with van der Waals surface area (Å²) in [7, 11) is 0. The van der Waals surface area contributed by atoms with Gasteiger partial charge < -0.3 is 24.1 Å². The number of anilines is 1. The number of ether oxygens (including phenoxy) is 2. The molecule has 11 heteroatoms. The van der Waals surface area contributed by atoms with Crippen LogP contribution in [0.4, 0.5) is 10.2 Å². The largest absolute Gasteiger partial charge is 0.486 e. The van der Waals surface area contributed by atoms with Gasteiger partial charge in [0, 0.05) is 44.4 Å². The van der Waals surface area contributed by atoms with Crippen LogP contribution in [0.25, 0.3) is 27.0 Å². The fourth-order valence-corrected chi connectivity index (χ4v) is 8.87. The van der Waals surface area contributed by atoms with Crippen LogP contribution < -0.4 is 14.4 Å². The monoisotopic (exact) mass is 649 g/mol. The molecule has 1 amide bonds. The van der Waals surface area contributed by atoms with E-state index in [2.05, 4.69) is 39.4 Å². The number of alkyl halides is 1. The van der Waals surface area contributed by atoms with Crippen molar-refractivity contribution in [3.8, 4) is 23.0 Å². The lowest BCUT2D eigenvalue weighted by Gasteiger charge is -2.39. The van der Waals surface area contributed by atoms with Crippen molar-refractivity contribution in [3.05, 3.63) is 59.6 Å². The van der Waals surface area contributed by atoms with Crippen LogP contribution in [0.1, 0.15) is 55.6 Å². The molecule has 5 atom stereocenters. The lowest BCUT2D eigenvalue weighted by Crippen LogP contribution is -2.56. The second kappa shape index (κ2) is 11.4. The number of nitrogens with zero attached hydrogens (tertiary/aromatic N) is 7. The lowest BCUT2D eigenvalue weighted by atomic mass is 9.95. The summed E-state index contributed by atoms with van der Waals surface area (Å²) in [4.78, 5) is 37.6. The van der Waals surface area contributed by atoms with Gasteiger partial charge in [0.05, 0.1) is 17.0 Å². The maximum atomic E-state index is 14.6. The van der Waals surface area contributed by atoms with E-state index in [0.717, 1.165) is 61.2 Å². The summed E-state index contributed by atoms with van der Waals surface area (Å²) in [5, 5.41) is 0.743. The van der Waals surface area contributed by atoms with E-state index in [-0.39, 0.29) is 36.1 Å². The molecule has 5 fully saturated rings. The third-order valence-electron chi connectivity index (χ3n) is 11.5. The van der Waals surface area contributed by atoms with Gasteiger partial charge in [0.15, 0.2) is 5.75 Å². The lowest BCUT2D eigenvalue weighted by molar-refractivity contribution is -0.128. The van der Waals surface area contributed by atoms with Crippen LogP contribution >= 0.6 is 0 Å². The van der Waals surface area contributed by atoms with Crippen LogP contribution in [0.5, 0.6) is 11.8 Å². The van der Waals surface area contributed by atoms with Crippen LogP contribution in [0, 0.1) is 12.5 Å². The van der Waals surface area contributed by atoms with Crippen molar-refractivity contribution in [2.45, 2.75) is 74.7 Å². The van der Waals surface area contributed by atoms with Gasteiger partial charge in [0.1, 0.15) is 35.8 Å². The highest BCUT2D eigenvalue weighted by molar-refractivity contribution is 5.97. The van der Waals surface area contributed by atoms with E-state index in [9.17, 15) is 9.18 Å². The Morgan fingerprint density at radius 1 is 1.21 bits per heavy atom. The Balaban J connectivity index is 1.16. The Morgan fingerprint density at radius 3 is 2.94 bits per heavy atom. The summed E-state index contributed by atoms with van der Waals surface area (Å²) >= 11 is 0. The van der Waals surface area contributed by atoms with Gasteiger partial charge in [0.2, 0.25) is 12.5 Å². The number of carbonyl (C=O) groups is 1. The molecule has 3 aliphatic carbocycles. The number of amides is 1. The van der Waals surface area contributed by atoms with E-state index >= 15 is 0 Å². The van der Waals surface area contributed by atoms with Crippen molar-refractivity contribution < 1.29 is 18.7 Å². The predicted molar refractivity (Wildman–Crippen MR) is 179 cm³/mol. The fraction of sp³-hybridized carbons (Fsp3) is 0.541. The van der Waals surface area contributed by atoms with Gasteiger partial charge in [-0.15, -0.1) is 0 Å². The summed E-state index contributed by atoms with van der Waals surface area (Å²) in [5.41, 5.74) is 5.00. The molecule has 2 aromatic heterocycles. The van der Waals surface area contributed by atoms with E-state index in [1.165, 1.54) is 23.6 Å². The van der Waals surface area contributed by atoms with E-state index in [1.54, 1.807) is 4.90 Å². The van der Waals surface area contributed by atoms with E-state index < -0.39 is 6.17 Å². The topological polar surface area (TPSA) is 88.3 Å². The number of halogens is 1. The zero-order chi connectivity index (χ0) is 32.6. The zero-order valence-electron chi connectivity index (χ0n) is 27.1. The molecule has 2 unspecified atom stereocenters. The minimum Gasteiger partial charge on any atom is -0.486 e. The highest BCUT2D eigenvalue weighted by Crippen LogP contribution is 2.58. The number of piperazine rings is 1. The van der Waals surface area contributed by atoms with E-state index in [4.69, 9.17) is 31.0 Å². The van der Waals surface area contributed by atoms with Gasteiger partial charge in [-0.05, 0) is 74.1 Å². The maximum Gasteiger partial charge on any atom is 0.319 e. The first-order valence-electron chi connectivity index (χ1n) is 17.5. The first kappa shape index (κ1) is 29.8. The zero-order valence-corrected chi connectivity index (χ0v) is 27.1. The quantitative estimate of drug-likeness (QED) is 0.237. The Bertz CT molecular complexity index is 1860. The molecule has 3 saturated heterocycles. The average Bonchev–Trinajstić information content (AvgIpc) is 3.97. The molecule has 5 heterocycles. The summed E-state index contributed by atoms with van der Waals surface area (Å²) in [6.45, 7) is 14.4. The smallest absolute Gasteiger partial charge is 0.319 e. The van der Waals surface area contributed by atoms with Crippen LogP contribution in [-0.2, 0) is 11.2 Å². The number of pyridine rings is 1. The van der Waals surface area contributed by atoms with Gasteiger partial charge in [0.25, 0.3) is 0 Å². The highest BCUT2D eigenvalue weighted by Gasteiger charge is 2.50. The molecule has 248 valence electrons. The average molecular weight is 650 g/mol. The normalized spacial score (nSPS) is 28.9. The molecular weight excluding hydrogens is 609 g/mol. The first-order chi connectivity index (χ1) is 23.4. The van der Waals surface area contributed by atoms with Gasteiger partial charge in [-0.2, -0.15) is 9.97 Å². The molecule has 9 rings (SSSR count).